The van der Waals surface area contributed by atoms with Gasteiger partial charge < -0.3 is 4.43 Å². The van der Waals surface area contributed by atoms with Crippen LogP contribution in [0.5, 0.6) is 0 Å². The highest BCUT2D eigenvalue weighted by molar-refractivity contribution is 7.84. The average molecular weight is 292 g/mol. The molecule has 0 aliphatic heterocycles. The second-order valence-electron chi connectivity index (χ2n) is 7.19. The molecule has 18 heavy (non-hydrogen) atoms. The standard InChI is InChI=1S/C13H29NO2SSi/c1-10-7-8-11(13(2,3)17(14)15)12(9-10)16-18(4,5)6/h10-12H,7-9,14H2,1-6H3/t10-,11-,12-,17?/m1/s1. The molecule has 5 heteroatoms. The van der Waals surface area contributed by atoms with Gasteiger partial charge in [-0.05, 0) is 52.2 Å². The van der Waals surface area contributed by atoms with Crippen LogP contribution < -0.4 is 5.14 Å². The van der Waals surface area contributed by atoms with Gasteiger partial charge in [0.2, 0.25) is 0 Å². The Balaban J connectivity index is 2.89. The fraction of sp³-hybridized carbons (Fsp3) is 1.00. The third-order valence-electron chi connectivity index (χ3n) is 3.97. The normalized spacial score (nSPS) is 32.3. The van der Waals surface area contributed by atoms with Gasteiger partial charge in [0.05, 0.1) is 15.7 Å². The van der Waals surface area contributed by atoms with Crippen molar-refractivity contribution in [3.8, 4) is 0 Å². The van der Waals surface area contributed by atoms with E-state index in [2.05, 4.69) is 26.6 Å². The lowest BCUT2D eigenvalue weighted by Gasteiger charge is -2.44. The van der Waals surface area contributed by atoms with Crippen LogP contribution in [0.4, 0.5) is 0 Å². The molecule has 0 aromatic heterocycles. The first-order chi connectivity index (χ1) is 8.04. The van der Waals surface area contributed by atoms with Gasteiger partial charge in [-0.3, -0.25) is 5.14 Å². The van der Waals surface area contributed by atoms with Crippen molar-refractivity contribution < 1.29 is 8.63 Å². The van der Waals surface area contributed by atoms with Gasteiger partial charge in [-0.2, -0.15) is 0 Å². The maximum absolute atomic E-state index is 11.8. The van der Waals surface area contributed by atoms with Crippen molar-refractivity contribution in [3.63, 3.8) is 0 Å². The van der Waals surface area contributed by atoms with Crippen LogP contribution >= 0.6 is 0 Å². The molecule has 2 N–H and O–H groups in total. The lowest BCUT2D eigenvalue weighted by Crippen LogP contribution is -2.51. The Hall–Kier alpha value is 0.287. The van der Waals surface area contributed by atoms with Crippen molar-refractivity contribution in [1.29, 1.82) is 0 Å². The second kappa shape index (κ2) is 5.73. The lowest BCUT2D eigenvalue weighted by molar-refractivity contribution is 0.0480. The topological polar surface area (TPSA) is 52.3 Å². The molecule has 0 aromatic rings. The maximum atomic E-state index is 11.8. The highest BCUT2D eigenvalue weighted by Gasteiger charge is 2.43. The highest BCUT2D eigenvalue weighted by atomic mass is 32.2. The number of hydrogen-bond donors (Lipinski definition) is 1. The summed E-state index contributed by atoms with van der Waals surface area (Å²) in [6.45, 7) is 13.0. The molecule has 0 aromatic carbocycles. The van der Waals surface area contributed by atoms with E-state index in [1.165, 1.54) is 6.42 Å². The highest BCUT2D eigenvalue weighted by Crippen LogP contribution is 2.40. The van der Waals surface area contributed by atoms with Crippen LogP contribution in [0.3, 0.4) is 0 Å². The minimum absolute atomic E-state index is 0.225. The Labute approximate surface area is 116 Å². The van der Waals surface area contributed by atoms with Crippen LogP contribution in [0, 0.1) is 11.8 Å². The lowest BCUT2D eigenvalue weighted by atomic mass is 9.75. The fourth-order valence-corrected chi connectivity index (χ4v) is 4.59. The van der Waals surface area contributed by atoms with Crippen LogP contribution in [-0.2, 0) is 15.4 Å². The largest absolute Gasteiger partial charge is 0.414 e. The minimum atomic E-state index is -1.57. The Kier molecular flexibility index (Phi) is 5.20. The predicted octanol–water partition coefficient (Wildman–Crippen LogP) is 3.04. The molecule has 1 unspecified atom stereocenters. The average Bonchev–Trinajstić information content (AvgIpc) is 2.13. The van der Waals surface area contributed by atoms with Crippen LogP contribution in [0.2, 0.25) is 19.6 Å². The third kappa shape index (κ3) is 4.15. The molecule has 0 radical (unpaired) electrons. The van der Waals surface area contributed by atoms with Crippen LogP contribution in [0.15, 0.2) is 0 Å². The molecular formula is C13H29NO2SSi. The molecule has 108 valence electrons. The summed E-state index contributed by atoms with van der Waals surface area (Å²) in [6.07, 6.45) is 3.57. The zero-order valence-electron chi connectivity index (χ0n) is 12.7. The van der Waals surface area contributed by atoms with Gasteiger partial charge in [0.25, 0.3) is 0 Å². The smallest absolute Gasteiger partial charge is 0.184 e. The van der Waals surface area contributed by atoms with Crippen molar-refractivity contribution >= 4 is 19.3 Å². The van der Waals surface area contributed by atoms with E-state index in [1.807, 2.05) is 13.8 Å². The third-order valence-corrected chi connectivity index (χ3v) is 6.32. The van der Waals surface area contributed by atoms with Crippen LogP contribution in [0.1, 0.15) is 40.0 Å². The molecule has 1 saturated carbocycles. The quantitative estimate of drug-likeness (QED) is 0.809. The van der Waals surface area contributed by atoms with Gasteiger partial charge in [0, 0.05) is 12.0 Å². The first-order valence-electron chi connectivity index (χ1n) is 6.88. The summed E-state index contributed by atoms with van der Waals surface area (Å²) in [5.41, 5.74) is 0. The summed E-state index contributed by atoms with van der Waals surface area (Å²) < 4.78 is 17.8. The van der Waals surface area contributed by atoms with Crippen molar-refractivity contribution in [2.45, 2.75) is 70.5 Å². The molecule has 0 bridgehead atoms. The van der Waals surface area contributed by atoms with E-state index in [0.29, 0.717) is 11.8 Å². The number of hydrogen-bond acceptors (Lipinski definition) is 2. The Morgan fingerprint density at radius 3 is 2.28 bits per heavy atom. The SMILES string of the molecule is C[C@@H]1CC[C@@H](C(C)(C)S(N)=O)[C@H](O[Si](C)(C)C)C1. The van der Waals surface area contributed by atoms with E-state index in [-0.39, 0.29) is 10.9 Å². The Bertz CT molecular complexity index is 315. The van der Waals surface area contributed by atoms with Crippen LogP contribution in [0.25, 0.3) is 0 Å². The summed E-state index contributed by atoms with van der Waals surface area (Å²) in [5.74, 6) is 1.01. The fourth-order valence-electron chi connectivity index (χ4n) is 2.86. The van der Waals surface area contributed by atoms with Crippen molar-refractivity contribution in [3.05, 3.63) is 0 Å². The molecule has 0 saturated heterocycles. The van der Waals surface area contributed by atoms with Gasteiger partial charge in [0.15, 0.2) is 8.32 Å². The minimum Gasteiger partial charge on any atom is -0.414 e. The molecular weight excluding hydrogens is 262 g/mol. The molecule has 1 aliphatic rings. The number of nitrogens with two attached hydrogens (primary N) is 1. The zero-order chi connectivity index (χ0) is 14.1. The predicted molar refractivity (Wildman–Crippen MR) is 81.1 cm³/mol. The molecule has 1 fully saturated rings. The van der Waals surface area contributed by atoms with E-state index in [1.54, 1.807) is 0 Å². The van der Waals surface area contributed by atoms with E-state index in [0.717, 1.165) is 12.8 Å². The molecule has 1 aliphatic carbocycles. The molecule has 1 rings (SSSR count). The molecule has 0 heterocycles. The van der Waals surface area contributed by atoms with Crippen molar-refractivity contribution in [2.24, 2.45) is 17.0 Å². The molecule has 3 nitrogen and oxygen atoms in total. The maximum Gasteiger partial charge on any atom is 0.184 e. The summed E-state index contributed by atoms with van der Waals surface area (Å²) >= 11 is 0. The monoisotopic (exact) mass is 291 g/mol. The van der Waals surface area contributed by atoms with E-state index in [9.17, 15) is 4.21 Å². The van der Waals surface area contributed by atoms with Gasteiger partial charge in [-0.15, -0.1) is 0 Å². The Morgan fingerprint density at radius 2 is 1.83 bits per heavy atom. The number of rotatable bonds is 4. The molecule has 4 atom stereocenters. The summed E-state index contributed by atoms with van der Waals surface area (Å²) in [6, 6.07) is 0. The van der Waals surface area contributed by atoms with Gasteiger partial charge >= 0.3 is 0 Å². The Morgan fingerprint density at radius 1 is 1.28 bits per heavy atom. The molecule has 0 spiro atoms. The first kappa shape index (κ1) is 16.3. The van der Waals surface area contributed by atoms with Crippen molar-refractivity contribution in [2.75, 3.05) is 0 Å². The first-order valence-corrected chi connectivity index (χ1v) is 11.5. The van der Waals surface area contributed by atoms with E-state index >= 15 is 0 Å². The van der Waals surface area contributed by atoms with E-state index < -0.39 is 19.3 Å². The molecule has 0 amide bonds. The van der Waals surface area contributed by atoms with Gasteiger partial charge in [-0.1, -0.05) is 13.3 Å². The second-order valence-corrected chi connectivity index (χ2v) is 13.3. The van der Waals surface area contributed by atoms with Gasteiger partial charge in [0.1, 0.15) is 0 Å². The van der Waals surface area contributed by atoms with Crippen LogP contribution in [-0.4, -0.2) is 23.4 Å². The van der Waals surface area contributed by atoms with E-state index in [4.69, 9.17) is 9.56 Å². The van der Waals surface area contributed by atoms with Gasteiger partial charge in [-0.25, -0.2) is 4.21 Å². The summed E-state index contributed by atoms with van der Waals surface area (Å²) in [4.78, 5) is 0. The summed E-state index contributed by atoms with van der Waals surface area (Å²) in [5, 5.41) is 5.69. The summed E-state index contributed by atoms with van der Waals surface area (Å²) in [7, 11) is -2.87. The van der Waals surface area contributed by atoms with Crippen molar-refractivity contribution in [1.82, 2.24) is 0 Å². The zero-order valence-corrected chi connectivity index (χ0v) is 14.5.